The summed E-state index contributed by atoms with van der Waals surface area (Å²) in [7, 11) is 0. The Bertz CT molecular complexity index is 4020. The van der Waals surface area contributed by atoms with Gasteiger partial charge in [0.1, 0.15) is 0 Å². The van der Waals surface area contributed by atoms with Gasteiger partial charge in [-0.05, 0) is 126 Å². The van der Waals surface area contributed by atoms with Gasteiger partial charge < -0.3 is 9.13 Å². The summed E-state index contributed by atoms with van der Waals surface area (Å²) in [6.07, 6.45) is 0. The number of hydrogen-bond acceptors (Lipinski definition) is 0. The maximum atomic E-state index is 2.50. The second kappa shape index (κ2) is 13.5. The van der Waals surface area contributed by atoms with Crippen molar-refractivity contribution >= 4 is 65.2 Å². The van der Waals surface area contributed by atoms with E-state index in [9.17, 15) is 0 Å². The van der Waals surface area contributed by atoms with Gasteiger partial charge in [0.05, 0.1) is 22.1 Å². The van der Waals surface area contributed by atoms with Crippen LogP contribution in [-0.2, 0) is 0 Å². The maximum Gasteiger partial charge on any atom is 0.0619 e. The Kier molecular flexibility index (Phi) is 7.43. The fourth-order valence-electron chi connectivity index (χ4n) is 11.0. The van der Waals surface area contributed by atoms with Crippen molar-refractivity contribution < 1.29 is 0 Å². The van der Waals surface area contributed by atoms with E-state index in [1.165, 1.54) is 121 Å². The van der Waals surface area contributed by atoms with Gasteiger partial charge in [-0.25, -0.2) is 0 Å². The SMILES string of the molecule is c1ccc(-c2ccc(-n3c4ccccc4c4cc(-c5ccc6c(c5)c5ccc7ccccc7c5n6-c5cccc(-c6ccc7c8c(cccc68)-c6ccccc6-7)c5)ccc43)cc2)cc1. The maximum absolute atomic E-state index is 2.50. The largest absolute Gasteiger partial charge is 0.309 e. The molecule has 2 heteroatoms. The highest BCUT2D eigenvalue weighted by atomic mass is 15.0. The molecule has 0 radical (unpaired) electrons. The van der Waals surface area contributed by atoms with Gasteiger partial charge in [-0.2, -0.15) is 0 Å². The first-order chi connectivity index (χ1) is 31.7. The average Bonchev–Trinajstić information content (AvgIpc) is 4.01. The summed E-state index contributed by atoms with van der Waals surface area (Å²) < 4.78 is 4.90. The fourth-order valence-corrected chi connectivity index (χ4v) is 11.0. The minimum absolute atomic E-state index is 1.15. The molecular formula is C62H38N2. The Morgan fingerprint density at radius 1 is 0.234 bits per heavy atom. The molecule has 13 aromatic rings. The normalized spacial score (nSPS) is 12.1. The zero-order valence-electron chi connectivity index (χ0n) is 34.8. The van der Waals surface area contributed by atoms with Crippen LogP contribution >= 0.6 is 0 Å². The van der Waals surface area contributed by atoms with Gasteiger partial charge >= 0.3 is 0 Å². The van der Waals surface area contributed by atoms with Crippen molar-refractivity contribution in [1.82, 2.24) is 9.13 Å². The number of aromatic nitrogens is 2. The third-order valence-electron chi connectivity index (χ3n) is 13.9. The number of hydrogen-bond donors (Lipinski definition) is 0. The molecule has 0 spiro atoms. The summed E-state index contributed by atoms with van der Waals surface area (Å²) in [4.78, 5) is 0. The Labute approximate surface area is 370 Å². The smallest absolute Gasteiger partial charge is 0.0619 e. The fraction of sp³-hybridized carbons (Fsp3) is 0. The van der Waals surface area contributed by atoms with Crippen LogP contribution in [0.3, 0.4) is 0 Å². The van der Waals surface area contributed by atoms with Crippen LogP contribution in [-0.4, -0.2) is 9.13 Å². The van der Waals surface area contributed by atoms with Crippen molar-refractivity contribution in [2.24, 2.45) is 0 Å². The molecule has 0 saturated heterocycles. The molecule has 1 aliphatic rings. The first-order valence-corrected chi connectivity index (χ1v) is 22.2. The molecule has 0 bridgehead atoms. The van der Waals surface area contributed by atoms with Crippen molar-refractivity contribution in [1.29, 1.82) is 0 Å². The lowest BCUT2D eigenvalue weighted by molar-refractivity contribution is 1.18. The highest BCUT2D eigenvalue weighted by molar-refractivity contribution is 6.21. The van der Waals surface area contributed by atoms with Gasteiger partial charge in [0.2, 0.25) is 0 Å². The van der Waals surface area contributed by atoms with Gasteiger partial charge in [-0.1, -0.05) is 176 Å². The zero-order valence-corrected chi connectivity index (χ0v) is 34.8. The van der Waals surface area contributed by atoms with Crippen molar-refractivity contribution in [3.8, 4) is 67.0 Å². The molecule has 0 atom stereocenters. The molecule has 1 aliphatic carbocycles. The Balaban J connectivity index is 0.924. The highest BCUT2D eigenvalue weighted by Gasteiger charge is 2.23. The minimum atomic E-state index is 1.15. The van der Waals surface area contributed by atoms with E-state index in [4.69, 9.17) is 0 Å². The van der Waals surface area contributed by atoms with E-state index in [2.05, 4.69) is 240 Å². The molecule has 0 saturated carbocycles. The standard InChI is InChI=1S/C62H38N2/c1-2-12-39(13-3-1)40-24-29-45(30-25-40)63-58-23-9-8-20-51(58)56-37-42(27-34-59(56)63)43-28-35-60-57(38-43)55-31-26-41-14-4-5-17-48(41)62(55)64(60)46-16-10-15-44(36-46)47-32-33-54-50-19-7-6-18-49(50)53-22-11-21-52(47)61(53)54/h1-38H. The lowest BCUT2D eigenvalue weighted by atomic mass is 9.94. The van der Waals surface area contributed by atoms with Gasteiger partial charge in [0.25, 0.3) is 0 Å². The number of benzene rings is 11. The van der Waals surface area contributed by atoms with Crippen LogP contribution in [0.15, 0.2) is 231 Å². The summed E-state index contributed by atoms with van der Waals surface area (Å²) >= 11 is 0. The second-order valence-corrected chi connectivity index (χ2v) is 17.2. The summed E-state index contributed by atoms with van der Waals surface area (Å²) in [6.45, 7) is 0. The predicted octanol–water partition coefficient (Wildman–Crippen LogP) is 16.8. The second-order valence-electron chi connectivity index (χ2n) is 17.2. The van der Waals surface area contributed by atoms with E-state index < -0.39 is 0 Å². The van der Waals surface area contributed by atoms with Crippen molar-refractivity contribution in [3.05, 3.63) is 231 Å². The number of fused-ring (bicyclic) bond motifs is 11. The van der Waals surface area contributed by atoms with Gasteiger partial charge in [-0.3, -0.25) is 0 Å². The van der Waals surface area contributed by atoms with Crippen molar-refractivity contribution in [2.75, 3.05) is 0 Å². The van der Waals surface area contributed by atoms with Crippen LogP contribution in [0.25, 0.3) is 132 Å². The van der Waals surface area contributed by atoms with Crippen LogP contribution in [0.4, 0.5) is 0 Å². The molecule has 0 unspecified atom stereocenters. The summed E-state index contributed by atoms with van der Waals surface area (Å²) in [5.74, 6) is 0. The first kappa shape index (κ1) is 35.2. The lowest BCUT2D eigenvalue weighted by Gasteiger charge is -2.14. The Morgan fingerprint density at radius 3 is 1.61 bits per heavy atom. The van der Waals surface area contributed by atoms with E-state index in [0.29, 0.717) is 0 Å². The van der Waals surface area contributed by atoms with E-state index in [0.717, 1.165) is 11.4 Å². The molecule has 14 rings (SSSR count). The predicted molar refractivity (Wildman–Crippen MR) is 271 cm³/mol. The average molecular weight is 811 g/mol. The number of para-hydroxylation sites is 1. The minimum Gasteiger partial charge on any atom is -0.309 e. The third-order valence-corrected chi connectivity index (χ3v) is 13.9. The molecular weight excluding hydrogens is 773 g/mol. The van der Waals surface area contributed by atoms with Crippen LogP contribution in [0, 0.1) is 0 Å². The van der Waals surface area contributed by atoms with Gasteiger partial charge in [0.15, 0.2) is 0 Å². The van der Waals surface area contributed by atoms with Crippen molar-refractivity contribution in [2.45, 2.75) is 0 Å². The van der Waals surface area contributed by atoms with Crippen LogP contribution < -0.4 is 0 Å². The van der Waals surface area contributed by atoms with Crippen LogP contribution in [0.5, 0.6) is 0 Å². The Morgan fingerprint density at radius 2 is 0.797 bits per heavy atom. The molecule has 2 nitrogen and oxygen atoms in total. The van der Waals surface area contributed by atoms with Gasteiger partial charge in [0, 0.05) is 38.3 Å². The molecule has 0 amide bonds. The van der Waals surface area contributed by atoms with E-state index >= 15 is 0 Å². The number of rotatable bonds is 5. The molecule has 2 aromatic heterocycles. The Hall–Kier alpha value is -8.46. The van der Waals surface area contributed by atoms with E-state index in [-0.39, 0.29) is 0 Å². The molecule has 11 aromatic carbocycles. The lowest BCUT2D eigenvalue weighted by Crippen LogP contribution is -1.95. The highest BCUT2D eigenvalue weighted by Crippen LogP contribution is 2.49. The quantitative estimate of drug-likeness (QED) is 0.164. The van der Waals surface area contributed by atoms with Crippen LogP contribution in [0.1, 0.15) is 0 Å². The zero-order chi connectivity index (χ0) is 41.9. The topological polar surface area (TPSA) is 9.86 Å². The first-order valence-electron chi connectivity index (χ1n) is 22.2. The molecule has 2 heterocycles. The summed E-state index contributed by atoms with van der Waals surface area (Å²) in [5, 5.41) is 10.1. The molecule has 296 valence electrons. The molecule has 0 fully saturated rings. The molecule has 0 aliphatic heterocycles. The third kappa shape index (κ3) is 5.08. The van der Waals surface area contributed by atoms with Gasteiger partial charge in [-0.15, -0.1) is 0 Å². The van der Waals surface area contributed by atoms with E-state index in [1.54, 1.807) is 0 Å². The van der Waals surface area contributed by atoms with Crippen LogP contribution in [0.2, 0.25) is 0 Å². The van der Waals surface area contributed by atoms with Crippen molar-refractivity contribution in [3.63, 3.8) is 0 Å². The summed E-state index contributed by atoms with van der Waals surface area (Å²) in [5.41, 5.74) is 19.7. The monoisotopic (exact) mass is 810 g/mol. The molecule has 0 N–H and O–H groups in total. The summed E-state index contributed by atoms with van der Waals surface area (Å²) in [6, 6.07) is 85.2. The van der Waals surface area contributed by atoms with E-state index in [1.807, 2.05) is 0 Å². The molecule has 64 heavy (non-hydrogen) atoms. The number of nitrogens with zero attached hydrogens (tertiary/aromatic N) is 2.